The minimum absolute atomic E-state index is 0.285. The quantitative estimate of drug-likeness (QED) is 0.753. The summed E-state index contributed by atoms with van der Waals surface area (Å²) in [5, 5.41) is 7.46. The molecule has 0 radical (unpaired) electrons. The third-order valence-corrected chi connectivity index (χ3v) is 2.16. The van der Waals surface area contributed by atoms with E-state index in [0.717, 1.165) is 6.07 Å². The first-order chi connectivity index (χ1) is 7.16. The zero-order valence-corrected chi connectivity index (χ0v) is 7.87. The van der Waals surface area contributed by atoms with Gasteiger partial charge in [0, 0.05) is 18.1 Å². The second-order valence-corrected chi connectivity index (χ2v) is 3.26. The molecular weight excluding hydrogens is 200 g/mol. The maximum absolute atomic E-state index is 13.3. The molecule has 1 aromatic carbocycles. The van der Waals surface area contributed by atoms with Gasteiger partial charge in [0.05, 0.1) is 5.71 Å². The lowest BCUT2D eigenvalue weighted by molar-refractivity contribution is 0.581. The van der Waals surface area contributed by atoms with Crippen LogP contribution in [-0.4, -0.2) is 11.5 Å². The van der Waals surface area contributed by atoms with Crippen LogP contribution in [0.15, 0.2) is 28.4 Å². The number of amidine groups is 1. The summed E-state index contributed by atoms with van der Waals surface area (Å²) >= 11 is 0. The topological polar surface area (TPSA) is 50.7 Å². The molecule has 0 saturated heterocycles. The lowest BCUT2D eigenvalue weighted by atomic mass is 10.0. The molecule has 0 spiro atoms. The maximum Gasteiger partial charge on any atom is 0.135 e. The van der Waals surface area contributed by atoms with E-state index >= 15 is 0 Å². The lowest BCUT2D eigenvalue weighted by Gasteiger charge is -2.10. The Hall–Kier alpha value is -1.78. The van der Waals surface area contributed by atoms with Crippen molar-refractivity contribution < 1.29 is 8.78 Å². The molecule has 1 heterocycles. The van der Waals surface area contributed by atoms with Crippen molar-refractivity contribution >= 4 is 11.5 Å². The Kier molecular flexibility index (Phi) is 2.45. The average Bonchev–Trinajstić information content (AvgIpc) is 2.20. The van der Waals surface area contributed by atoms with Crippen LogP contribution in [-0.2, 0) is 0 Å². The largest absolute Gasteiger partial charge is 0.386 e. The molecule has 1 aliphatic heterocycles. The first-order valence-electron chi connectivity index (χ1n) is 4.51. The molecule has 0 fully saturated rings. The van der Waals surface area contributed by atoms with Gasteiger partial charge in [-0.05, 0) is 18.6 Å². The van der Waals surface area contributed by atoms with Crippen LogP contribution >= 0.6 is 0 Å². The van der Waals surface area contributed by atoms with E-state index in [4.69, 9.17) is 5.73 Å². The normalized spacial score (nSPS) is 15.9. The highest BCUT2D eigenvalue weighted by atomic mass is 19.1. The summed E-state index contributed by atoms with van der Waals surface area (Å²) < 4.78 is 26.0. The molecule has 0 saturated carbocycles. The van der Waals surface area contributed by atoms with Crippen LogP contribution in [0.1, 0.15) is 18.4 Å². The molecule has 1 aromatic rings. The fraction of sp³-hybridized carbons (Fsp3) is 0.200. The first-order valence-corrected chi connectivity index (χ1v) is 4.51. The fourth-order valence-corrected chi connectivity index (χ4v) is 1.38. The predicted octanol–water partition coefficient (Wildman–Crippen LogP) is 1.82. The van der Waals surface area contributed by atoms with Gasteiger partial charge in [-0.25, -0.2) is 8.78 Å². The van der Waals surface area contributed by atoms with Gasteiger partial charge in [0.2, 0.25) is 0 Å². The van der Waals surface area contributed by atoms with E-state index in [1.54, 1.807) is 0 Å². The van der Waals surface area contributed by atoms with E-state index in [9.17, 15) is 8.78 Å². The molecule has 15 heavy (non-hydrogen) atoms. The predicted molar refractivity (Wildman–Crippen MR) is 53.8 cm³/mol. The van der Waals surface area contributed by atoms with Crippen LogP contribution in [0, 0.1) is 11.6 Å². The van der Waals surface area contributed by atoms with Crippen molar-refractivity contribution in [2.45, 2.75) is 12.8 Å². The average molecular weight is 209 g/mol. The van der Waals surface area contributed by atoms with E-state index in [1.165, 1.54) is 12.1 Å². The van der Waals surface area contributed by atoms with E-state index in [2.05, 4.69) is 10.2 Å². The van der Waals surface area contributed by atoms with Crippen molar-refractivity contribution in [3.8, 4) is 0 Å². The second kappa shape index (κ2) is 3.76. The zero-order chi connectivity index (χ0) is 10.8. The fourth-order valence-electron chi connectivity index (χ4n) is 1.38. The van der Waals surface area contributed by atoms with Crippen LogP contribution in [0.25, 0.3) is 0 Å². The van der Waals surface area contributed by atoms with Crippen molar-refractivity contribution in [3.63, 3.8) is 0 Å². The van der Waals surface area contributed by atoms with Crippen molar-refractivity contribution in [2.75, 3.05) is 0 Å². The van der Waals surface area contributed by atoms with Crippen molar-refractivity contribution in [1.29, 1.82) is 0 Å². The standard InChI is InChI=1S/C10H9F2N3/c11-6-1-2-7(8(12)5-6)9-3-4-10(13)15-14-9/h1-2,5H,3-4H2,(H2,13,15). The molecule has 2 N–H and O–H groups in total. The van der Waals surface area contributed by atoms with Crippen molar-refractivity contribution in [2.24, 2.45) is 15.9 Å². The highest BCUT2D eigenvalue weighted by molar-refractivity contribution is 6.04. The molecule has 78 valence electrons. The zero-order valence-electron chi connectivity index (χ0n) is 7.87. The van der Waals surface area contributed by atoms with Gasteiger partial charge in [0.15, 0.2) is 0 Å². The van der Waals surface area contributed by atoms with Gasteiger partial charge in [-0.1, -0.05) is 0 Å². The van der Waals surface area contributed by atoms with Crippen molar-refractivity contribution in [1.82, 2.24) is 0 Å². The molecule has 1 aliphatic rings. The van der Waals surface area contributed by atoms with Crippen LogP contribution in [0.5, 0.6) is 0 Å². The third-order valence-electron chi connectivity index (χ3n) is 2.16. The summed E-state index contributed by atoms with van der Waals surface area (Å²) in [6.45, 7) is 0. The summed E-state index contributed by atoms with van der Waals surface area (Å²) in [6.07, 6.45) is 1.08. The number of rotatable bonds is 1. The molecule has 0 aromatic heterocycles. The number of halogens is 2. The summed E-state index contributed by atoms with van der Waals surface area (Å²) in [4.78, 5) is 0. The molecule has 5 heteroatoms. The molecule has 0 aliphatic carbocycles. The number of benzene rings is 1. The molecule has 0 bridgehead atoms. The number of nitrogens with zero attached hydrogens (tertiary/aromatic N) is 2. The summed E-state index contributed by atoms with van der Waals surface area (Å²) in [6, 6.07) is 3.39. The highest BCUT2D eigenvalue weighted by Crippen LogP contribution is 2.15. The number of hydrogen-bond acceptors (Lipinski definition) is 3. The van der Waals surface area contributed by atoms with Crippen LogP contribution in [0.2, 0.25) is 0 Å². The highest BCUT2D eigenvalue weighted by Gasteiger charge is 2.13. The van der Waals surface area contributed by atoms with Crippen LogP contribution in [0.4, 0.5) is 8.78 Å². The Morgan fingerprint density at radius 2 is 1.93 bits per heavy atom. The molecule has 0 unspecified atom stereocenters. The third kappa shape index (κ3) is 2.01. The molecule has 0 atom stereocenters. The first kappa shape index (κ1) is 9.76. The van der Waals surface area contributed by atoms with Crippen LogP contribution in [0.3, 0.4) is 0 Å². The minimum atomic E-state index is -0.621. The van der Waals surface area contributed by atoms with Crippen molar-refractivity contribution in [3.05, 3.63) is 35.4 Å². The maximum atomic E-state index is 13.3. The van der Waals surface area contributed by atoms with Gasteiger partial charge in [-0.15, -0.1) is 5.10 Å². The SMILES string of the molecule is NC1=NN=C(c2ccc(F)cc2F)CC1. The summed E-state index contributed by atoms with van der Waals surface area (Å²) in [5.74, 6) is -0.790. The minimum Gasteiger partial charge on any atom is -0.386 e. The second-order valence-electron chi connectivity index (χ2n) is 3.26. The summed E-state index contributed by atoms with van der Waals surface area (Å²) in [5.41, 5.74) is 6.21. The van der Waals surface area contributed by atoms with Gasteiger partial charge < -0.3 is 5.73 Å². The van der Waals surface area contributed by atoms with E-state index in [1.807, 2.05) is 0 Å². The molecule has 3 nitrogen and oxygen atoms in total. The Morgan fingerprint density at radius 1 is 1.13 bits per heavy atom. The Balaban J connectivity index is 2.38. The molecule has 0 amide bonds. The molecular formula is C10H9F2N3. The van der Waals surface area contributed by atoms with Gasteiger partial charge in [-0.2, -0.15) is 5.10 Å². The smallest absolute Gasteiger partial charge is 0.135 e. The Morgan fingerprint density at radius 3 is 2.53 bits per heavy atom. The monoisotopic (exact) mass is 209 g/mol. The number of hydrogen-bond donors (Lipinski definition) is 1. The van der Waals surface area contributed by atoms with Gasteiger partial charge in [-0.3, -0.25) is 0 Å². The van der Waals surface area contributed by atoms with Crippen LogP contribution < -0.4 is 5.73 Å². The van der Waals surface area contributed by atoms with E-state index < -0.39 is 11.6 Å². The number of nitrogens with two attached hydrogens (primary N) is 1. The molecule has 2 rings (SSSR count). The summed E-state index contributed by atoms with van der Waals surface area (Å²) in [7, 11) is 0. The lowest BCUT2D eigenvalue weighted by Crippen LogP contribution is -2.18. The van der Waals surface area contributed by atoms with Gasteiger partial charge in [0.25, 0.3) is 0 Å². The Bertz CT molecular complexity index is 452. The Labute approximate surface area is 85.3 Å². The van der Waals surface area contributed by atoms with E-state index in [0.29, 0.717) is 24.4 Å². The van der Waals surface area contributed by atoms with Gasteiger partial charge >= 0.3 is 0 Å². The van der Waals surface area contributed by atoms with E-state index in [-0.39, 0.29) is 5.56 Å². The van der Waals surface area contributed by atoms with Gasteiger partial charge in [0.1, 0.15) is 17.5 Å².